The summed E-state index contributed by atoms with van der Waals surface area (Å²) in [5.41, 5.74) is 0. The predicted molar refractivity (Wildman–Crippen MR) is 174 cm³/mol. The maximum Gasteiger partial charge on any atom is 0.364 e. The molecule has 2 amide bonds. The smallest absolute Gasteiger partial charge is 0.364 e. The second-order valence-corrected chi connectivity index (χ2v) is 14.1. The van der Waals surface area contributed by atoms with Gasteiger partial charge in [-0.2, -0.15) is 0 Å². The van der Waals surface area contributed by atoms with E-state index in [4.69, 9.17) is 33.2 Å². The summed E-state index contributed by atoms with van der Waals surface area (Å²) in [7, 11) is 0. The molecule has 16 N–H and O–H groups in total. The molecular formula is C31H52N2O24. The zero-order valence-corrected chi connectivity index (χ0v) is 30.4. The van der Waals surface area contributed by atoms with Crippen molar-refractivity contribution < 1.29 is 119 Å². The third-order valence-corrected chi connectivity index (χ3v) is 10.0. The van der Waals surface area contributed by atoms with Crippen LogP contribution in [0.2, 0.25) is 0 Å². The van der Waals surface area contributed by atoms with Crippen LogP contribution in [0, 0.1) is 0 Å². The monoisotopic (exact) mass is 836 g/mol. The van der Waals surface area contributed by atoms with Crippen molar-refractivity contribution in [2.24, 2.45) is 0 Å². The number of aliphatic hydroxyl groups excluding tert-OH is 13. The molecular weight excluding hydrogens is 784 g/mol. The van der Waals surface area contributed by atoms with E-state index in [2.05, 4.69) is 10.6 Å². The van der Waals surface area contributed by atoms with Crippen molar-refractivity contribution >= 4 is 17.8 Å². The van der Waals surface area contributed by atoms with E-state index in [-0.39, 0.29) is 0 Å². The first-order valence-electron chi connectivity index (χ1n) is 17.7. The van der Waals surface area contributed by atoms with Gasteiger partial charge in [0, 0.05) is 13.3 Å². The summed E-state index contributed by atoms with van der Waals surface area (Å²) in [6.07, 6.45) is -35.3. The predicted octanol–water partition coefficient (Wildman–Crippen LogP) is -10.3. The molecule has 2 unspecified atom stereocenters. The molecule has 4 rings (SSSR count). The Balaban J connectivity index is 1.68. The maximum absolute atomic E-state index is 12.7. The summed E-state index contributed by atoms with van der Waals surface area (Å²) in [4.78, 5) is 36.8. The Hall–Kier alpha value is -2.39. The molecule has 4 aliphatic rings. The highest BCUT2D eigenvalue weighted by atomic mass is 16.8. The van der Waals surface area contributed by atoms with Crippen molar-refractivity contribution in [3.63, 3.8) is 0 Å². The van der Waals surface area contributed by atoms with Crippen LogP contribution in [0.3, 0.4) is 0 Å². The molecule has 0 saturated carbocycles. The van der Waals surface area contributed by atoms with E-state index < -0.39 is 179 Å². The van der Waals surface area contributed by atoms with E-state index in [0.29, 0.717) is 0 Å². The minimum absolute atomic E-state index is 0.771. The standard InChI is InChI=1S/C31H52N2O24/c1-8-17(41)21(45)23(47)28(52-8)56-26-22(46)19(43)13(54-29(26)55-24-16(32-9(2)37)27(48)53-12(5-35)20(24)44)7-51-31(30(49)50)3-10(38)15(33-14(40)6-36)25(57-31)18(42)11(39)4-34/h8,10-13,15-29,34-36,38-39,41-48H,3-7H2,1-2H3,(H,32,37)(H,33,40)(H,49,50)/t8-,10-,11+,12+,13+,15+,16+,17+,18+,19-,20-,21+,22-,23-,24+,25+,26+,27-,28-,29?,31?/m0/s1. The molecule has 4 heterocycles. The summed E-state index contributed by atoms with van der Waals surface area (Å²) >= 11 is 0. The molecule has 26 heteroatoms. The molecule has 0 aliphatic carbocycles. The molecule has 0 aromatic heterocycles. The highest BCUT2D eigenvalue weighted by Gasteiger charge is 2.58. The average molecular weight is 837 g/mol. The number of aliphatic hydroxyl groups is 13. The third-order valence-electron chi connectivity index (χ3n) is 10.0. The van der Waals surface area contributed by atoms with E-state index in [1.165, 1.54) is 6.92 Å². The van der Waals surface area contributed by atoms with Crippen LogP contribution in [0.5, 0.6) is 0 Å². The minimum Gasteiger partial charge on any atom is -0.477 e. The average Bonchev–Trinajstić information content (AvgIpc) is 3.17. The summed E-state index contributed by atoms with van der Waals surface area (Å²) in [5.74, 6) is -6.86. The van der Waals surface area contributed by atoms with Crippen LogP contribution in [0.4, 0.5) is 0 Å². The Morgan fingerprint density at radius 3 is 2.00 bits per heavy atom. The first-order valence-corrected chi connectivity index (χ1v) is 17.7. The van der Waals surface area contributed by atoms with Crippen LogP contribution in [0.15, 0.2) is 0 Å². The van der Waals surface area contributed by atoms with Crippen molar-refractivity contribution in [2.75, 3.05) is 26.4 Å². The van der Waals surface area contributed by atoms with Crippen molar-refractivity contribution in [1.82, 2.24) is 10.6 Å². The minimum atomic E-state index is -3.00. The molecule has 4 fully saturated rings. The lowest BCUT2D eigenvalue weighted by molar-refractivity contribution is -0.385. The molecule has 0 radical (unpaired) electrons. The number of carboxylic acids is 1. The fourth-order valence-electron chi connectivity index (χ4n) is 6.86. The molecule has 0 bridgehead atoms. The Labute approximate surface area is 322 Å². The van der Waals surface area contributed by atoms with Crippen molar-refractivity contribution in [3.8, 4) is 0 Å². The summed E-state index contributed by atoms with van der Waals surface area (Å²) < 4.78 is 39.2. The second-order valence-electron chi connectivity index (χ2n) is 14.1. The Morgan fingerprint density at radius 1 is 0.772 bits per heavy atom. The molecule has 0 aromatic rings. The molecule has 57 heavy (non-hydrogen) atoms. The highest BCUT2D eigenvalue weighted by molar-refractivity contribution is 5.78. The fourth-order valence-corrected chi connectivity index (χ4v) is 6.86. The number of nitrogens with one attached hydrogen (secondary N) is 2. The van der Waals surface area contributed by atoms with Gasteiger partial charge in [0.15, 0.2) is 18.9 Å². The SMILES string of the molecule is CC(=O)N[C@@H]1[C@@H](OC2O[C@H](COC3(C(=O)O)C[C@H](O)[C@@H](NC(=O)CO)[C@H]([C@H](O)[C@H](O)CO)O3)[C@H](O)[C@H](O)[C@H]2O[C@@H]2O[C@@H](C)[C@@H](O)[C@@H](O)[C@@H]2O)[C@@H](O)[C@@H](CO)O[C@@H]1O. The molecule has 0 aromatic carbocycles. The zero-order chi connectivity index (χ0) is 42.7. The summed E-state index contributed by atoms with van der Waals surface area (Å²) in [6, 6.07) is -3.33. The van der Waals surface area contributed by atoms with Crippen LogP contribution < -0.4 is 10.6 Å². The second kappa shape index (κ2) is 19.8. The molecule has 4 saturated heterocycles. The Morgan fingerprint density at radius 2 is 1.42 bits per heavy atom. The lowest BCUT2D eigenvalue weighted by atomic mass is 9.88. The first-order chi connectivity index (χ1) is 26.7. The van der Waals surface area contributed by atoms with E-state index >= 15 is 0 Å². The van der Waals surface area contributed by atoms with Gasteiger partial charge in [0.1, 0.15) is 92.0 Å². The van der Waals surface area contributed by atoms with Gasteiger partial charge in [-0.3, -0.25) is 9.59 Å². The van der Waals surface area contributed by atoms with Crippen molar-refractivity contribution in [2.45, 2.75) is 149 Å². The number of amides is 2. The summed E-state index contributed by atoms with van der Waals surface area (Å²) in [5, 5.41) is 150. The van der Waals surface area contributed by atoms with Gasteiger partial charge in [-0.05, 0) is 6.92 Å². The first kappa shape index (κ1) is 47.3. The fraction of sp³-hybridized carbons (Fsp3) is 0.903. The van der Waals surface area contributed by atoms with Crippen LogP contribution in [0.25, 0.3) is 0 Å². The molecule has 21 atom stereocenters. The zero-order valence-electron chi connectivity index (χ0n) is 30.4. The normalized spacial score (nSPS) is 45.1. The number of rotatable bonds is 15. The van der Waals surface area contributed by atoms with Crippen molar-refractivity contribution in [1.29, 1.82) is 0 Å². The number of ether oxygens (including phenoxy) is 7. The van der Waals surface area contributed by atoms with E-state index in [1.54, 1.807) is 0 Å². The van der Waals surface area contributed by atoms with Gasteiger partial charge >= 0.3 is 5.97 Å². The molecule has 330 valence electrons. The van der Waals surface area contributed by atoms with Crippen molar-refractivity contribution in [3.05, 3.63) is 0 Å². The number of carbonyl (C=O) groups excluding carboxylic acids is 2. The largest absolute Gasteiger partial charge is 0.477 e. The number of hydrogen-bond acceptors (Lipinski definition) is 23. The van der Waals surface area contributed by atoms with Gasteiger partial charge < -0.3 is 115 Å². The number of aliphatic carboxylic acids is 1. The molecule has 0 spiro atoms. The van der Waals surface area contributed by atoms with E-state index in [9.17, 15) is 85.9 Å². The van der Waals surface area contributed by atoms with Gasteiger partial charge in [-0.1, -0.05) is 0 Å². The third kappa shape index (κ3) is 10.3. The topological polar surface area (TPSA) is 423 Å². The maximum atomic E-state index is 12.7. The number of hydrogen-bond donors (Lipinski definition) is 16. The van der Waals surface area contributed by atoms with E-state index in [1.807, 2.05) is 0 Å². The number of carboxylic acid groups (broad SMARTS) is 1. The lowest BCUT2D eigenvalue weighted by Crippen LogP contribution is -2.69. The van der Waals surface area contributed by atoms with Gasteiger partial charge in [0.2, 0.25) is 11.8 Å². The highest BCUT2D eigenvalue weighted by Crippen LogP contribution is 2.37. The summed E-state index contributed by atoms with van der Waals surface area (Å²) in [6.45, 7) is -1.90. The quantitative estimate of drug-likeness (QED) is 0.0728. The van der Waals surface area contributed by atoms with Crippen LogP contribution in [0.1, 0.15) is 20.3 Å². The van der Waals surface area contributed by atoms with Gasteiger partial charge in [-0.15, -0.1) is 0 Å². The van der Waals surface area contributed by atoms with Crippen LogP contribution in [-0.4, -0.2) is 244 Å². The number of carbonyl (C=O) groups is 3. The molecule has 26 nitrogen and oxygen atoms in total. The lowest BCUT2D eigenvalue weighted by Gasteiger charge is -2.49. The van der Waals surface area contributed by atoms with Gasteiger partial charge in [0.05, 0.1) is 38.1 Å². The van der Waals surface area contributed by atoms with Crippen LogP contribution >= 0.6 is 0 Å². The molecule has 4 aliphatic heterocycles. The van der Waals surface area contributed by atoms with E-state index in [0.717, 1.165) is 6.92 Å². The van der Waals surface area contributed by atoms with Crippen LogP contribution in [-0.2, 0) is 47.5 Å². The Kier molecular flexibility index (Phi) is 16.4. The van der Waals surface area contributed by atoms with Gasteiger partial charge in [-0.25, -0.2) is 4.79 Å². The Bertz CT molecular complexity index is 1350. The van der Waals surface area contributed by atoms with Gasteiger partial charge in [0.25, 0.3) is 5.79 Å².